The molecule has 1 saturated carbocycles. The van der Waals surface area contributed by atoms with Gasteiger partial charge in [-0.2, -0.15) is 0 Å². The van der Waals surface area contributed by atoms with E-state index in [1.807, 2.05) is 0 Å². The van der Waals surface area contributed by atoms with Crippen LogP contribution >= 0.6 is 0 Å². The van der Waals surface area contributed by atoms with Gasteiger partial charge in [0.05, 0.1) is 0 Å². The second kappa shape index (κ2) is 3.35. The summed E-state index contributed by atoms with van der Waals surface area (Å²) in [4.78, 5) is 2.63. The summed E-state index contributed by atoms with van der Waals surface area (Å²) in [6, 6.07) is 1.31. The van der Waals surface area contributed by atoms with E-state index in [1.54, 1.807) is 0 Å². The van der Waals surface area contributed by atoms with Crippen LogP contribution in [0.3, 0.4) is 0 Å². The smallest absolute Gasteiger partial charge is 0.00952 e. The summed E-state index contributed by atoms with van der Waals surface area (Å²) in [6.45, 7) is 4.85. The number of rotatable bonds is 2. The lowest BCUT2D eigenvalue weighted by Gasteiger charge is -2.34. The molecular weight excluding hydrogens is 148 g/mol. The SMILES string of the molecule is CC(C1CC1)N1CCC(N)CC1. The molecule has 2 N–H and O–H groups in total. The molecule has 1 aliphatic carbocycles. The molecule has 0 aromatic heterocycles. The number of nitrogens with two attached hydrogens (primary N) is 1. The molecule has 70 valence electrons. The van der Waals surface area contributed by atoms with Gasteiger partial charge >= 0.3 is 0 Å². The Morgan fingerprint density at radius 2 is 1.75 bits per heavy atom. The maximum Gasteiger partial charge on any atom is 0.00952 e. The Kier molecular flexibility index (Phi) is 2.37. The largest absolute Gasteiger partial charge is 0.328 e. The van der Waals surface area contributed by atoms with Crippen LogP contribution in [0.5, 0.6) is 0 Å². The number of hydrogen-bond acceptors (Lipinski definition) is 2. The average molecular weight is 168 g/mol. The van der Waals surface area contributed by atoms with Gasteiger partial charge in [-0.3, -0.25) is 0 Å². The van der Waals surface area contributed by atoms with Gasteiger partial charge in [-0.15, -0.1) is 0 Å². The molecule has 0 aromatic rings. The number of hydrogen-bond donors (Lipinski definition) is 1. The van der Waals surface area contributed by atoms with E-state index in [2.05, 4.69) is 11.8 Å². The molecule has 0 bridgehead atoms. The van der Waals surface area contributed by atoms with Gasteiger partial charge in [-0.05, 0) is 51.6 Å². The van der Waals surface area contributed by atoms with Crippen LogP contribution in [-0.4, -0.2) is 30.1 Å². The lowest BCUT2D eigenvalue weighted by atomic mass is 10.0. The zero-order chi connectivity index (χ0) is 8.55. The highest BCUT2D eigenvalue weighted by Crippen LogP contribution is 2.35. The van der Waals surface area contributed by atoms with E-state index in [0.717, 1.165) is 12.0 Å². The van der Waals surface area contributed by atoms with Crippen LogP contribution in [-0.2, 0) is 0 Å². The summed E-state index contributed by atoms with van der Waals surface area (Å²) in [5.74, 6) is 1.01. The fourth-order valence-corrected chi connectivity index (χ4v) is 2.20. The molecule has 1 unspecified atom stereocenters. The third-order valence-corrected chi connectivity index (χ3v) is 3.45. The van der Waals surface area contributed by atoms with Crippen LogP contribution in [0, 0.1) is 5.92 Å². The van der Waals surface area contributed by atoms with Crippen molar-refractivity contribution in [1.29, 1.82) is 0 Å². The predicted octanol–water partition coefficient (Wildman–Crippen LogP) is 1.21. The number of nitrogens with zero attached hydrogens (tertiary/aromatic N) is 1. The molecule has 2 heteroatoms. The van der Waals surface area contributed by atoms with Crippen LogP contribution in [0.4, 0.5) is 0 Å². The van der Waals surface area contributed by atoms with E-state index < -0.39 is 0 Å². The summed E-state index contributed by atoms with van der Waals surface area (Å²) >= 11 is 0. The molecule has 1 heterocycles. The monoisotopic (exact) mass is 168 g/mol. The Labute approximate surface area is 75.1 Å². The lowest BCUT2D eigenvalue weighted by molar-refractivity contribution is 0.148. The van der Waals surface area contributed by atoms with Gasteiger partial charge < -0.3 is 10.6 Å². The summed E-state index contributed by atoms with van der Waals surface area (Å²) in [6.07, 6.45) is 5.33. The Bertz CT molecular complexity index is 146. The molecule has 2 nitrogen and oxygen atoms in total. The van der Waals surface area contributed by atoms with Crippen LogP contribution in [0.1, 0.15) is 32.6 Å². The molecule has 1 atom stereocenters. The van der Waals surface area contributed by atoms with Gasteiger partial charge in [0.25, 0.3) is 0 Å². The molecule has 2 aliphatic rings. The summed E-state index contributed by atoms with van der Waals surface area (Å²) in [5.41, 5.74) is 5.86. The Balaban J connectivity index is 1.80. The zero-order valence-corrected chi connectivity index (χ0v) is 8.00. The highest BCUT2D eigenvalue weighted by atomic mass is 15.2. The molecular formula is C10H20N2. The fourth-order valence-electron chi connectivity index (χ4n) is 2.20. The molecule has 0 amide bonds. The van der Waals surface area contributed by atoms with Crippen molar-refractivity contribution < 1.29 is 0 Å². The molecule has 2 rings (SSSR count). The first kappa shape index (κ1) is 8.52. The quantitative estimate of drug-likeness (QED) is 0.671. The van der Waals surface area contributed by atoms with Crippen LogP contribution in [0.25, 0.3) is 0 Å². The number of likely N-dealkylation sites (tertiary alicyclic amines) is 1. The molecule has 0 spiro atoms. The van der Waals surface area contributed by atoms with Gasteiger partial charge in [-0.25, -0.2) is 0 Å². The standard InChI is InChI=1S/C10H20N2/c1-8(9-2-3-9)12-6-4-10(11)5-7-12/h8-10H,2-7,11H2,1H3. The Hall–Kier alpha value is -0.0800. The van der Waals surface area contributed by atoms with E-state index in [9.17, 15) is 0 Å². The maximum absolute atomic E-state index is 5.86. The average Bonchev–Trinajstić information content (AvgIpc) is 2.87. The minimum atomic E-state index is 0.479. The second-order valence-electron chi connectivity index (χ2n) is 4.45. The van der Waals surface area contributed by atoms with Crippen molar-refractivity contribution in [3.8, 4) is 0 Å². The lowest BCUT2D eigenvalue weighted by Crippen LogP contribution is -2.44. The summed E-state index contributed by atoms with van der Waals surface area (Å²) in [5, 5.41) is 0. The summed E-state index contributed by atoms with van der Waals surface area (Å²) < 4.78 is 0. The molecule has 12 heavy (non-hydrogen) atoms. The Morgan fingerprint density at radius 1 is 1.17 bits per heavy atom. The van der Waals surface area contributed by atoms with Gasteiger partial charge in [0.1, 0.15) is 0 Å². The van der Waals surface area contributed by atoms with E-state index in [1.165, 1.54) is 38.8 Å². The second-order valence-corrected chi connectivity index (χ2v) is 4.45. The third-order valence-electron chi connectivity index (χ3n) is 3.45. The van der Waals surface area contributed by atoms with Crippen molar-refractivity contribution in [3.63, 3.8) is 0 Å². The van der Waals surface area contributed by atoms with Gasteiger partial charge in [0.15, 0.2) is 0 Å². The van der Waals surface area contributed by atoms with Crippen molar-refractivity contribution in [3.05, 3.63) is 0 Å². The highest BCUT2D eigenvalue weighted by molar-refractivity contribution is 4.87. The zero-order valence-electron chi connectivity index (χ0n) is 8.00. The van der Waals surface area contributed by atoms with E-state index in [-0.39, 0.29) is 0 Å². The van der Waals surface area contributed by atoms with Gasteiger partial charge in [-0.1, -0.05) is 0 Å². The Morgan fingerprint density at radius 3 is 2.25 bits per heavy atom. The van der Waals surface area contributed by atoms with E-state index in [0.29, 0.717) is 6.04 Å². The normalized spacial score (nSPS) is 30.5. The van der Waals surface area contributed by atoms with Crippen molar-refractivity contribution in [2.24, 2.45) is 11.7 Å². The molecule has 2 fully saturated rings. The molecule has 1 saturated heterocycles. The van der Waals surface area contributed by atoms with E-state index in [4.69, 9.17) is 5.73 Å². The predicted molar refractivity (Wildman–Crippen MR) is 51.0 cm³/mol. The fraction of sp³-hybridized carbons (Fsp3) is 1.00. The first-order valence-corrected chi connectivity index (χ1v) is 5.27. The van der Waals surface area contributed by atoms with Crippen LogP contribution in [0.2, 0.25) is 0 Å². The first-order valence-electron chi connectivity index (χ1n) is 5.27. The molecule has 0 radical (unpaired) electrons. The van der Waals surface area contributed by atoms with Crippen LogP contribution in [0.15, 0.2) is 0 Å². The highest BCUT2D eigenvalue weighted by Gasteiger charge is 2.32. The molecule has 0 aromatic carbocycles. The van der Waals surface area contributed by atoms with Gasteiger partial charge in [0.2, 0.25) is 0 Å². The minimum absolute atomic E-state index is 0.479. The van der Waals surface area contributed by atoms with Crippen molar-refractivity contribution in [2.75, 3.05) is 13.1 Å². The van der Waals surface area contributed by atoms with Crippen molar-refractivity contribution >= 4 is 0 Å². The minimum Gasteiger partial charge on any atom is -0.328 e. The van der Waals surface area contributed by atoms with Crippen molar-refractivity contribution in [2.45, 2.75) is 44.7 Å². The molecule has 1 aliphatic heterocycles. The van der Waals surface area contributed by atoms with Gasteiger partial charge in [0, 0.05) is 12.1 Å². The van der Waals surface area contributed by atoms with Crippen molar-refractivity contribution in [1.82, 2.24) is 4.90 Å². The maximum atomic E-state index is 5.86. The number of piperidine rings is 1. The van der Waals surface area contributed by atoms with E-state index >= 15 is 0 Å². The summed E-state index contributed by atoms with van der Waals surface area (Å²) in [7, 11) is 0. The topological polar surface area (TPSA) is 29.3 Å². The first-order chi connectivity index (χ1) is 5.77. The third kappa shape index (κ3) is 1.80. The van der Waals surface area contributed by atoms with Crippen LogP contribution < -0.4 is 5.73 Å².